The summed E-state index contributed by atoms with van der Waals surface area (Å²) in [5.41, 5.74) is 0. The molecule has 0 radical (unpaired) electrons. The van der Waals surface area contributed by atoms with E-state index in [-0.39, 0.29) is 12.4 Å². The molecule has 0 unspecified atom stereocenters. The topological polar surface area (TPSA) is 0 Å². The fourth-order valence-electron chi connectivity index (χ4n) is 3.48. The Bertz CT molecular complexity index is 246. The molecule has 3 heteroatoms. The van der Waals surface area contributed by atoms with Crippen molar-refractivity contribution in [2.24, 2.45) is 0 Å². The van der Waals surface area contributed by atoms with Crippen molar-refractivity contribution >= 4 is 15.9 Å². The van der Waals surface area contributed by atoms with Crippen molar-refractivity contribution in [1.29, 1.82) is 0 Å². The predicted molar refractivity (Wildman–Crippen MR) is 115 cm³/mol. The highest BCUT2D eigenvalue weighted by Crippen LogP contribution is 2.13. The molecule has 0 atom stereocenters. The third-order valence-electron chi connectivity index (χ3n) is 5.26. The van der Waals surface area contributed by atoms with Crippen LogP contribution in [-0.2, 0) is 0 Å². The second-order valence-corrected chi connectivity index (χ2v) is 9.17. The lowest BCUT2D eigenvalue weighted by atomic mass is 10.0. The molecule has 0 bridgehead atoms. The van der Waals surface area contributed by atoms with Crippen LogP contribution < -0.4 is 12.4 Å². The van der Waals surface area contributed by atoms with Crippen molar-refractivity contribution < 1.29 is 16.9 Å². The fourth-order valence-corrected chi connectivity index (χ4v) is 3.88. The Labute approximate surface area is 174 Å². The molecule has 0 aliphatic rings. The van der Waals surface area contributed by atoms with Gasteiger partial charge in [0.1, 0.15) is 0 Å². The first kappa shape index (κ1) is 27.9. The molecular weight excluding hydrogens is 394 g/mol. The van der Waals surface area contributed by atoms with Gasteiger partial charge in [0.2, 0.25) is 0 Å². The third-order valence-corrected chi connectivity index (χ3v) is 5.82. The Morgan fingerprint density at radius 3 is 1.20 bits per heavy atom. The summed E-state index contributed by atoms with van der Waals surface area (Å²) in [5, 5.41) is 1.16. The number of quaternary nitrogens is 1. The molecule has 154 valence electrons. The zero-order valence-corrected chi connectivity index (χ0v) is 20.0. The molecule has 0 amide bonds. The van der Waals surface area contributed by atoms with Gasteiger partial charge in [0.15, 0.2) is 0 Å². The van der Waals surface area contributed by atoms with E-state index < -0.39 is 0 Å². The van der Waals surface area contributed by atoms with Gasteiger partial charge >= 0.3 is 0 Å². The molecule has 25 heavy (non-hydrogen) atoms. The largest absolute Gasteiger partial charge is 1.00 e. The van der Waals surface area contributed by atoms with Gasteiger partial charge in [-0.1, -0.05) is 99.9 Å². The van der Waals surface area contributed by atoms with Crippen LogP contribution in [0.4, 0.5) is 0 Å². The Morgan fingerprint density at radius 2 is 0.840 bits per heavy atom. The zero-order chi connectivity index (χ0) is 17.9. The lowest BCUT2D eigenvalue weighted by Crippen LogP contribution is -3.00. The van der Waals surface area contributed by atoms with E-state index in [1.54, 1.807) is 0 Å². The van der Waals surface area contributed by atoms with Crippen LogP contribution in [0.1, 0.15) is 110 Å². The Hall–Kier alpha value is 0.730. The molecule has 1 nitrogen and oxygen atoms in total. The van der Waals surface area contributed by atoms with E-state index in [1.165, 1.54) is 120 Å². The number of nitrogens with zero attached hydrogens (tertiary/aromatic N) is 1. The normalized spacial score (nSPS) is 11.5. The van der Waals surface area contributed by atoms with E-state index in [4.69, 9.17) is 0 Å². The van der Waals surface area contributed by atoms with E-state index in [9.17, 15) is 0 Å². The molecule has 0 heterocycles. The van der Waals surface area contributed by atoms with Crippen molar-refractivity contribution in [2.45, 2.75) is 110 Å². The summed E-state index contributed by atoms with van der Waals surface area (Å²) in [5.74, 6) is 0. The summed E-state index contributed by atoms with van der Waals surface area (Å²) < 4.78 is 1.21. The van der Waals surface area contributed by atoms with Crippen LogP contribution >= 0.6 is 15.9 Å². The molecule has 0 aliphatic carbocycles. The van der Waals surface area contributed by atoms with Gasteiger partial charge in [-0.05, 0) is 25.7 Å². The maximum absolute atomic E-state index is 3.53. The molecule has 0 spiro atoms. The molecular formula is C22H47BrClN. The van der Waals surface area contributed by atoms with Crippen molar-refractivity contribution in [3.05, 3.63) is 0 Å². The summed E-state index contributed by atoms with van der Waals surface area (Å²) in [6.45, 7) is 5.00. The minimum Gasteiger partial charge on any atom is -1.00 e. The van der Waals surface area contributed by atoms with Crippen LogP contribution in [0.5, 0.6) is 0 Å². The molecule has 0 aromatic rings. The third kappa shape index (κ3) is 22.7. The second kappa shape index (κ2) is 21.0. The van der Waals surface area contributed by atoms with Gasteiger partial charge in [-0.3, -0.25) is 0 Å². The first-order valence-corrected chi connectivity index (χ1v) is 12.1. The van der Waals surface area contributed by atoms with E-state index in [0.29, 0.717) is 0 Å². The highest BCUT2D eigenvalue weighted by atomic mass is 79.9. The van der Waals surface area contributed by atoms with Crippen LogP contribution in [0, 0.1) is 0 Å². The second-order valence-electron chi connectivity index (χ2n) is 8.38. The summed E-state index contributed by atoms with van der Waals surface area (Å²) in [7, 11) is 4.80. The van der Waals surface area contributed by atoms with Crippen LogP contribution in [0.15, 0.2) is 0 Å². The van der Waals surface area contributed by atoms with Crippen LogP contribution in [0.25, 0.3) is 0 Å². The highest BCUT2D eigenvalue weighted by Gasteiger charge is 2.13. The van der Waals surface area contributed by atoms with Gasteiger partial charge in [-0.2, -0.15) is 0 Å². The van der Waals surface area contributed by atoms with Crippen molar-refractivity contribution in [2.75, 3.05) is 32.5 Å². The lowest BCUT2D eigenvalue weighted by molar-refractivity contribution is -0.890. The summed E-state index contributed by atoms with van der Waals surface area (Å²) >= 11 is 3.53. The molecule has 0 aromatic heterocycles. The van der Waals surface area contributed by atoms with Crippen molar-refractivity contribution in [3.63, 3.8) is 0 Å². The van der Waals surface area contributed by atoms with Gasteiger partial charge in [-0.25, -0.2) is 0 Å². The maximum atomic E-state index is 3.53. The van der Waals surface area contributed by atoms with Gasteiger partial charge < -0.3 is 16.9 Å². The Balaban J connectivity index is 0. The first-order chi connectivity index (χ1) is 11.6. The Kier molecular flexibility index (Phi) is 23.5. The number of unbranched alkanes of at least 4 members (excludes halogenated alkanes) is 14. The minimum absolute atomic E-state index is 0. The van der Waals surface area contributed by atoms with Gasteiger partial charge in [-0.15, -0.1) is 0 Å². The van der Waals surface area contributed by atoms with Gasteiger partial charge in [0.25, 0.3) is 0 Å². The average molecular weight is 441 g/mol. The zero-order valence-electron chi connectivity index (χ0n) is 17.6. The van der Waals surface area contributed by atoms with E-state index in [1.807, 2.05) is 0 Å². The number of hydrogen-bond donors (Lipinski definition) is 0. The van der Waals surface area contributed by atoms with E-state index in [2.05, 4.69) is 36.9 Å². The smallest absolute Gasteiger partial charge is 0.0782 e. The van der Waals surface area contributed by atoms with E-state index in [0.717, 1.165) is 5.33 Å². The van der Waals surface area contributed by atoms with Crippen LogP contribution in [0.3, 0.4) is 0 Å². The van der Waals surface area contributed by atoms with Crippen LogP contribution in [-0.4, -0.2) is 37.0 Å². The molecule has 0 saturated heterocycles. The molecule has 0 fully saturated rings. The average Bonchev–Trinajstić information content (AvgIpc) is 2.55. The molecule has 0 saturated carbocycles. The quantitative estimate of drug-likeness (QED) is 0.155. The molecule has 0 N–H and O–H groups in total. The minimum atomic E-state index is 0. The summed E-state index contributed by atoms with van der Waals surface area (Å²) in [6.07, 6.45) is 23.1. The summed E-state index contributed by atoms with van der Waals surface area (Å²) in [4.78, 5) is 0. The monoisotopic (exact) mass is 439 g/mol. The van der Waals surface area contributed by atoms with Crippen LogP contribution in [0.2, 0.25) is 0 Å². The Morgan fingerprint density at radius 1 is 0.520 bits per heavy atom. The van der Waals surface area contributed by atoms with Gasteiger partial charge in [0.05, 0.1) is 27.2 Å². The van der Waals surface area contributed by atoms with Gasteiger partial charge in [0, 0.05) is 5.33 Å². The number of rotatable bonds is 19. The highest BCUT2D eigenvalue weighted by molar-refractivity contribution is 9.09. The van der Waals surface area contributed by atoms with Crippen molar-refractivity contribution in [3.8, 4) is 0 Å². The standard InChI is InChI=1S/C22H47BrN.ClH/c1-4-5-6-7-8-9-10-11-12-13-14-15-16-18-21-24(2,3)22-19-17-20-23;/h4-22H2,1-3H3;1H/q+1;/p-1. The molecule has 0 rings (SSSR count). The maximum Gasteiger partial charge on any atom is 0.0782 e. The lowest BCUT2D eigenvalue weighted by Gasteiger charge is -2.29. The number of halogens is 2. The molecule has 0 aliphatic heterocycles. The number of alkyl halides is 1. The molecule has 0 aromatic carbocycles. The summed E-state index contributed by atoms with van der Waals surface area (Å²) in [6, 6.07) is 0. The fraction of sp³-hybridized carbons (Fsp3) is 1.00. The first-order valence-electron chi connectivity index (χ1n) is 11.0. The SMILES string of the molecule is CCCCCCCCCCCCCCCC[N+](C)(C)CCCCBr.[Cl-]. The number of hydrogen-bond acceptors (Lipinski definition) is 0. The van der Waals surface area contributed by atoms with E-state index >= 15 is 0 Å². The van der Waals surface area contributed by atoms with Crippen molar-refractivity contribution in [1.82, 2.24) is 0 Å². The predicted octanol–water partition coefficient (Wildman–Crippen LogP) is 4.72.